The van der Waals surface area contributed by atoms with E-state index in [4.69, 9.17) is 0 Å². The van der Waals surface area contributed by atoms with Crippen molar-refractivity contribution < 1.29 is 22.4 Å². The van der Waals surface area contributed by atoms with Crippen LogP contribution in [0.3, 0.4) is 0 Å². The number of ketones is 1. The third kappa shape index (κ3) is 6.14. The third-order valence-electron chi connectivity index (χ3n) is 2.81. The Balaban J connectivity index is 2.60. The van der Waals surface area contributed by atoms with Crippen molar-refractivity contribution in [2.24, 2.45) is 0 Å². The van der Waals surface area contributed by atoms with E-state index in [1.165, 1.54) is 24.3 Å². The summed E-state index contributed by atoms with van der Waals surface area (Å²) < 4.78 is 49.9. The maximum absolute atomic E-state index is 12.7. The quantitative estimate of drug-likeness (QED) is 0.750. The molecule has 1 aromatic rings. The smallest absolute Gasteiger partial charge is 0.298 e. The second-order valence-corrected chi connectivity index (χ2v) is 4.96. The molecule has 0 saturated heterocycles. The molecule has 0 amide bonds. The molecule has 112 valence electrons. The molecule has 1 rings (SSSR count). The topological polar surface area (TPSA) is 20.3 Å². The molecule has 0 unspecified atom stereocenters. The van der Waals surface area contributed by atoms with Crippen LogP contribution in [0.15, 0.2) is 24.3 Å². The summed E-state index contributed by atoms with van der Waals surface area (Å²) in [5.74, 6) is -0.739. The summed E-state index contributed by atoms with van der Waals surface area (Å²) in [6.45, 7) is 1.84. The number of carbonyl (C=O) groups excluding carboxylic acids is 1. The first kappa shape index (κ1) is 16.6. The van der Waals surface area contributed by atoms with Crippen molar-refractivity contribution in [1.29, 1.82) is 0 Å². The minimum atomic E-state index is -4.33. The van der Waals surface area contributed by atoms with Gasteiger partial charge in [-0.15, -0.1) is 0 Å². The van der Waals surface area contributed by atoms with E-state index in [0.29, 0.717) is 5.56 Å². The first-order valence-corrected chi connectivity index (χ1v) is 6.24. The predicted molar refractivity (Wildman–Crippen MR) is 67.9 cm³/mol. The van der Waals surface area contributed by atoms with Gasteiger partial charge in [0.2, 0.25) is 0 Å². The van der Waals surface area contributed by atoms with Crippen LogP contribution in [0.5, 0.6) is 0 Å². The van der Waals surface area contributed by atoms with Gasteiger partial charge in [0.25, 0.3) is 0 Å². The Hall–Kier alpha value is -1.43. The number of Topliss-reactive ketones (excluding diaryl/α,β-unsaturated/α-hetero) is 1. The largest absolute Gasteiger partial charge is 0.401 e. The number of hydrogen-bond donors (Lipinski definition) is 0. The summed E-state index contributed by atoms with van der Waals surface area (Å²) in [6.07, 6.45) is -4.33. The fraction of sp³-hybridized carbons (Fsp3) is 0.500. The van der Waals surface area contributed by atoms with Gasteiger partial charge in [-0.3, -0.25) is 9.69 Å². The van der Waals surface area contributed by atoms with Crippen LogP contribution in [0.25, 0.3) is 0 Å². The van der Waals surface area contributed by atoms with Gasteiger partial charge in [-0.2, -0.15) is 13.2 Å². The van der Waals surface area contributed by atoms with Gasteiger partial charge in [0.15, 0.2) is 5.78 Å². The lowest BCUT2D eigenvalue weighted by atomic mass is 10.1. The zero-order valence-electron chi connectivity index (χ0n) is 11.4. The second kappa shape index (κ2) is 6.83. The van der Waals surface area contributed by atoms with Gasteiger partial charge >= 0.3 is 6.18 Å². The van der Waals surface area contributed by atoms with Crippen LogP contribution in [0.4, 0.5) is 17.6 Å². The molecule has 20 heavy (non-hydrogen) atoms. The van der Waals surface area contributed by atoms with E-state index in [-0.39, 0.29) is 24.8 Å². The molecule has 0 heterocycles. The second-order valence-electron chi connectivity index (χ2n) is 4.96. The molecule has 0 spiro atoms. The molecule has 0 aromatic heterocycles. The van der Waals surface area contributed by atoms with Gasteiger partial charge < -0.3 is 0 Å². The molecule has 1 aromatic carbocycles. The van der Waals surface area contributed by atoms with Crippen molar-refractivity contribution in [1.82, 2.24) is 4.90 Å². The minimum Gasteiger partial charge on any atom is -0.298 e. The molecule has 0 saturated carbocycles. The van der Waals surface area contributed by atoms with Crippen LogP contribution in [-0.2, 0) is 11.2 Å². The van der Waals surface area contributed by atoms with E-state index >= 15 is 0 Å². The summed E-state index contributed by atoms with van der Waals surface area (Å²) in [4.78, 5) is 12.9. The molecule has 0 aliphatic rings. The number of halogens is 4. The molecule has 2 nitrogen and oxygen atoms in total. The van der Waals surface area contributed by atoms with Crippen molar-refractivity contribution in [2.45, 2.75) is 32.5 Å². The predicted octanol–water partition coefficient (Wildman–Crippen LogP) is 3.21. The van der Waals surface area contributed by atoms with Gasteiger partial charge in [-0.05, 0) is 31.5 Å². The summed E-state index contributed by atoms with van der Waals surface area (Å²) in [5, 5.41) is 0. The highest BCUT2D eigenvalue weighted by Gasteiger charge is 2.32. The third-order valence-corrected chi connectivity index (χ3v) is 2.81. The van der Waals surface area contributed by atoms with Crippen LogP contribution in [0.2, 0.25) is 0 Å². The van der Waals surface area contributed by atoms with Crippen LogP contribution in [0.1, 0.15) is 19.4 Å². The number of alkyl halides is 3. The Morgan fingerprint density at radius 1 is 1.20 bits per heavy atom. The SMILES string of the molecule is CC(C)N(CC(=O)Cc1ccc(F)cc1)CC(F)(F)F. The summed E-state index contributed by atoms with van der Waals surface area (Å²) in [5.41, 5.74) is 0.590. The number of nitrogens with zero attached hydrogens (tertiary/aromatic N) is 1. The first-order chi connectivity index (χ1) is 9.17. The highest BCUT2D eigenvalue weighted by Crippen LogP contribution is 2.18. The van der Waals surface area contributed by atoms with E-state index < -0.39 is 18.5 Å². The minimum absolute atomic E-state index is 0.00135. The van der Waals surface area contributed by atoms with Gasteiger partial charge in [-0.1, -0.05) is 12.1 Å². The lowest BCUT2D eigenvalue weighted by molar-refractivity contribution is -0.151. The maximum atomic E-state index is 12.7. The average Bonchev–Trinajstić information content (AvgIpc) is 2.29. The maximum Gasteiger partial charge on any atom is 0.401 e. The highest BCUT2D eigenvalue weighted by atomic mass is 19.4. The first-order valence-electron chi connectivity index (χ1n) is 6.24. The molecule has 0 atom stereocenters. The fourth-order valence-electron chi connectivity index (χ4n) is 1.76. The van der Waals surface area contributed by atoms with E-state index in [1.54, 1.807) is 13.8 Å². The van der Waals surface area contributed by atoms with Crippen molar-refractivity contribution in [2.75, 3.05) is 13.1 Å². The molecule has 0 N–H and O–H groups in total. The van der Waals surface area contributed by atoms with E-state index in [9.17, 15) is 22.4 Å². The number of hydrogen-bond acceptors (Lipinski definition) is 2. The standard InChI is InChI=1S/C14H17F4NO/c1-10(2)19(9-14(16,17)18)8-13(20)7-11-3-5-12(15)6-4-11/h3-6,10H,7-9H2,1-2H3. The zero-order valence-corrected chi connectivity index (χ0v) is 11.4. The lowest BCUT2D eigenvalue weighted by Gasteiger charge is -2.26. The van der Waals surface area contributed by atoms with Crippen molar-refractivity contribution in [3.63, 3.8) is 0 Å². The average molecular weight is 291 g/mol. The monoisotopic (exact) mass is 291 g/mol. The number of rotatable bonds is 6. The molecule has 0 radical (unpaired) electrons. The van der Waals surface area contributed by atoms with Crippen molar-refractivity contribution >= 4 is 5.78 Å². The Bertz CT molecular complexity index is 439. The van der Waals surface area contributed by atoms with E-state index in [1.807, 2.05) is 0 Å². The summed E-state index contributed by atoms with van der Waals surface area (Å²) in [7, 11) is 0. The highest BCUT2D eigenvalue weighted by molar-refractivity contribution is 5.82. The molecular weight excluding hydrogens is 274 g/mol. The van der Waals surface area contributed by atoms with Gasteiger partial charge in [0, 0.05) is 12.5 Å². The molecule has 0 aliphatic carbocycles. The molecule has 0 fully saturated rings. The van der Waals surface area contributed by atoms with Gasteiger partial charge in [-0.25, -0.2) is 4.39 Å². The van der Waals surface area contributed by atoms with Crippen LogP contribution < -0.4 is 0 Å². The van der Waals surface area contributed by atoms with Crippen molar-refractivity contribution in [3.05, 3.63) is 35.6 Å². The van der Waals surface area contributed by atoms with Crippen LogP contribution in [-0.4, -0.2) is 36.0 Å². The molecule has 0 aliphatic heterocycles. The lowest BCUT2D eigenvalue weighted by Crippen LogP contribution is -2.42. The molecule has 6 heteroatoms. The fourth-order valence-corrected chi connectivity index (χ4v) is 1.76. The van der Waals surface area contributed by atoms with Crippen LogP contribution in [0, 0.1) is 5.82 Å². The normalized spacial score (nSPS) is 12.2. The Morgan fingerprint density at radius 2 is 1.75 bits per heavy atom. The van der Waals surface area contributed by atoms with Crippen molar-refractivity contribution in [3.8, 4) is 0 Å². The summed E-state index contributed by atoms with van der Waals surface area (Å²) in [6, 6.07) is 4.97. The Kier molecular flexibility index (Phi) is 5.68. The van der Waals surface area contributed by atoms with Gasteiger partial charge in [0.05, 0.1) is 13.1 Å². The van der Waals surface area contributed by atoms with Crippen LogP contribution >= 0.6 is 0 Å². The molecule has 0 bridgehead atoms. The number of carbonyl (C=O) groups is 1. The van der Waals surface area contributed by atoms with E-state index in [0.717, 1.165) is 4.90 Å². The Morgan fingerprint density at radius 3 is 2.20 bits per heavy atom. The summed E-state index contributed by atoms with van der Waals surface area (Å²) >= 11 is 0. The molecular formula is C14H17F4NO. The van der Waals surface area contributed by atoms with E-state index in [2.05, 4.69) is 0 Å². The Labute approximate surface area is 115 Å². The zero-order chi connectivity index (χ0) is 15.3. The number of benzene rings is 1. The van der Waals surface area contributed by atoms with Gasteiger partial charge in [0.1, 0.15) is 5.82 Å².